The van der Waals surface area contributed by atoms with Crippen molar-refractivity contribution >= 4 is 31.5 Å². The fraction of sp³-hybridized carbons (Fsp3) is 0.750. The van der Waals surface area contributed by atoms with Crippen molar-refractivity contribution in [3.8, 4) is 0 Å². The summed E-state index contributed by atoms with van der Waals surface area (Å²) in [5.74, 6) is 0. The molecule has 0 amide bonds. The molecular weight excluding hydrogens is 415 g/mol. The Bertz CT molecular complexity index is 906. The maximum atomic E-state index is 12.8. The molecule has 0 aromatic carbocycles. The topological polar surface area (TPSA) is 70.8 Å². The number of aromatic nitrogens is 3. The molecule has 28 heavy (non-hydrogen) atoms. The van der Waals surface area contributed by atoms with Crippen molar-refractivity contribution in [1.82, 2.24) is 18.9 Å². The number of rotatable bonds is 4. The number of alkyl halides is 3. The van der Waals surface area contributed by atoms with Crippen molar-refractivity contribution in [3.05, 3.63) is 11.9 Å². The summed E-state index contributed by atoms with van der Waals surface area (Å²) < 4.78 is 64.4. The Morgan fingerprint density at radius 3 is 2.32 bits per heavy atom. The van der Waals surface area contributed by atoms with Crippen LogP contribution in [0.15, 0.2) is 6.20 Å². The molecule has 3 rings (SSSR count). The van der Waals surface area contributed by atoms with Crippen LogP contribution >= 0.6 is 11.3 Å². The number of sulfonamides is 1. The zero-order valence-electron chi connectivity index (χ0n) is 16.2. The first-order chi connectivity index (χ1) is 12.7. The van der Waals surface area contributed by atoms with Gasteiger partial charge in [-0.2, -0.15) is 17.5 Å². The highest BCUT2D eigenvalue weighted by atomic mass is 32.2. The van der Waals surface area contributed by atoms with Gasteiger partial charge in [-0.3, -0.25) is 0 Å². The molecule has 7 nitrogen and oxygen atoms in total. The van der Waals surface area contributed by atoms with Crippen molar-refractivity contribution in [2.24, 2.45) is 0 Å². The van der Waals surface area contributed by atoms with E-state index in [2.05, 4.69) is 30.9 Å². The highest BCUT2D eigenvalue weighted by molar-refractivity contribution is 7.88. The van der Waals surface area contributed by atoms with Gasteiger partial charge in [0.2, 0.25) is 20.1 Å². The lowest BCUT2D eigenvalue weighted by molar-refractivity contribution is -0.139. The molecule has 12 heteroatoms. The molecule has 0 saturated carbocycles. The van der Waals surface area contributed by atoms with Gasteiger partial charge >= 0.3 is 6.18 Å². The van der Waals surface area contributed by atoms with E-state index in [1.165, 1.54) is 11.3 Å². The smallest absolute Gasteiger partial charge is 0.347 e. The fourth-order valence-electron chi connectivity index (χ4n) is 3.22. The van der Waals surface area contributed by atoms with E-state index in [0.717, 1.165) is 22.0 Å². The number of hydrogen-bond acceptors (Lipinski definition) is 6. The van der Waals surface area contributed by atoms with Gasteiger partial charge < -0.3 is 4.90 Å². The molecular formula is C16H24F3N5O2S2. The molecule has 3 heterocycles. The van der Waals surface area contributed by atoms with Gasteiger partial charge in [0.1, 0.15) is 6.54 Å². The maximum Gasteiger partial charge on any atom is 0.402 e. The molecule has 2 aromatic rings. The molecule has 0 spiro atoms. The SMILES string of the molecule is CC(C)(C)c1cn2nc(N3CCC(N(CC(F)(F)F)S(C)(=O)=O)CC3)sc2n1. The summed E-state index contributed by atoms with van der Waals surface area (Å²) in [6, 6.07) is -0.663. The summed E-state index contributed by atoms with van der Waals surface area (Å²) in [5, 5.41) is 5.27. The van der Waals surface area contributed by atoms with Crippen LogP contribution in [-0.2, 0) is 15.4 Å². The van der Waals surface area contributed by atoms with Crippen LogP contribution in [0.25, 0.3) is 4.96 Å². The van der Waals surface area contributed by atoms with E-state index in [1.807, 2.05) is 11.1 Å². The van der Waals surface area contributed by atoms with Gasteiger partial charge in [0.15, 0.2) is 0 Å². The lowest BCUT2D eigenvalue weighted by atomic mass is 9.93. The van der Waals surface area contributed by atoms with Crippen LogP contribution in [0.4, 0.5) is 18.3 Å². The Kier molecular flexibility index (Phi) is 5.43. The zero-order valence-corrected chi connectivity index (χ0v) is 17.8. The van der Waals surface area contributed by atoms with E-state index < -0.39 is 28.8 Å². The van der Waals surface area contributed by atoms with Crippen LogP contribution in [0, 0.1) is 0 Å². The Morgan fingerprint density at radius 1 is 1.25 bits per heavy atom. The monoisotopic (exact) mass is 439 g/mol. The molecule has 2 aromatic heterocycles. The van der Waals surface area contributed by atoms with Crippen molar-refractivity contribution < 1.29 is 21.6 Å². The highest BCUT2D eigenvalue weighted by Gasteiger charge is 2.39. The van der Waals surface area contributed by atoms with Gasteiger partial charge in [0.05, 0.1) is 18.1 Å². The summed E-state index contributed by atoms with van der Waals surface area (Å²) in [4.78, 5) is 7.33. The number of anilines is 1. The number of halogens is 3. The van der Waals surface area contributed by atoms with Crippen LogP contribution in [-0.4, -0.2) is 65.4 Å². The molecule has 0 N–H and O–H groups in total. The second-order valence-electron chi connectivity index (χ2n) is 8.13. The lowest BCUT2D eigenvalue weighted by Crippen LogP contribution is -2.50. The van der Waals surface area contributed by atoms with E-state index in [1.54, 1.807) is 4.52 Å². The predicted octanol–water partition coefficient (Wildman–Crippen LogP) is 2.88. The van der Waals surface area contributed by atoms with Crippen LogP contribution in [0.2, 0.25) is 0 Å². The van der Waals surface area contributed by atoms with Crippen LogP contribution in [0.1, 0.15) is 39.3 Å². The van der Waals surface area contributed by atoms with Crippen molar-refractivity contribution in [1.29, 1.82) is 0 Å². The predicted molar refractivity (Wildman–Crippen MR) is 102 cm³/mol. The first kappa shape index (κ1) is 21.3. The van der Waals surface area contributed by atoms with Crippen molar-refractivity contribution in [2.45, 2.75) is 51.2 Å². The van der Waals surface area contributed by atoms with E-state index in [4.69, 9.17) is 0 Å². The number of fused-ring (bicyclic) bond motifs is 1. The van der Waals surface area contributed by atoms with Gasteiger partial charge in [0, 0.05) is 24.5 Å². The van der Waals surface area contributed by atoms with E-state index in [0.29, 0.717) is 30.2 Å². The molecule has 158 valence electrons. The second-order valence-corrected chi connectivity index (χ2v) is 11.0. The molecule has 0 unspecified atom stereocenters. The fourth-order valence-corrected chi connectivity index (χ4v) is 5.29. The Morgan fingerprint density at radius 2 is 1.86 bits per heavy atom. The third-order valence-corrected chi connectivity index (χ3v) is 6.97. The molecule has 1 aliphatic heterocycles. The largest absolute Gasteiger partial charge is 0.402 e. The molecule has 0 bridgehead atoms. The maximum absolute atomic E-state index is 12.8. The van der Waals surface area contributed by atoms with Gasteiger partial charge in [-0.05, 0) is 12.8 Å². The highest BCUT2D eigenvalue weighted by Crippen LogP contribution is 2.31. The second kappa shape index (κ2) is 7.13. The third kappa shape index (κ3) is 4.77. The molecule has 0 radical (unpaired) electrons. The third-order valence-electron chi connectivity index (χ3n) is 4.70. The summed E-state index contributed by atoms with van der Waals surface area (Å²) in [5.41, 5.74) is 0.854. The summed E-state index contributed by atoms with van der Waals surface area (Å²) >= 11 is 1.42. The minimum Gasteiger partial charge on any atom is -0.347 e. The molecule has 0 aliphatic carbocycles. The minimum atomic E-state index is -4.56. The molecule has 0 atom stereocenters. The Hall–Kier alpha value is -1.40. The van der Waals surface area contributed by atoms with Gasteiger partial charge in [-0.15, -0.1) is 5.10 Å². The Balaban J connectivity index is 1.70. The quantitative estimate of drug-likeness (QED) is 0.733. The average molecular weight is 440 g/mol. The summed E-state index contributed by atoms with van der Waals surface area (Å²) in [6.07, 6.45) is -1.22. The minimum absolute atomic E-state index is 0.0838. The zero-order chi connectivity index (χ0) is 20.9. The van der Waals surface area contributed by atoms with Gasteiger partial charge in [0.25, 0.3) is 0 Å². The number of hydrogen-bond donors (Lipinski definition) is 0. The van der Waals surface area contributed by atoms with Crippen LogP contribution in [0.3, 0.4) is 0 Å². The number of piperidine rings is 1. The number of imidazole rings is 1. The number of nitrogens with zero attached hydrogens (tertiary/aromatic N) is 5. The van der Waals surface area contributed by atoms with E-state index in [-0.39, 0.29) is 5.41 Å². The first-order valence-electron chi connectivity index (χ1n) is 8.89. The summed E-state index contributed by atoms with van der Waals surface area (Å²) in [7, 11) is -3.94. The first-order valence-corrected chi connectivity index (χ1v) is 11.6. The lowest BCUT2D eigenvalue weighted by Gasteiger charge is -2.37. The van der Waals surface area contributed by atoms with E-state index in [9.17, 15) is 21.6 Å². The van der Waals surface area contributed by atoms with Crippen LogP contribution < -0.4 is 4.90 Å². The van der Waals surface area contributed by atoms with Crippen molar-refractivity contribution in [3.63, 3.8) is 0 Å². The van der Waals surface area contributed by atoms with Gasteiger partial charge in [-0.1, -0.05) is 32.1 Å². The average Bonchev–Trinajstić information content (AvgIpc) is 3.09. The normalized spacial score (nSPS) is 17.8. The van der Waals surface area contributed by atoms with Crippen LogP contribution in [0.5, 0.6) is 0 Å². The molecule has 1 aliphatic rings. The molecule has 1 fully saturated rings. The van der Waals surface area contributed by atoms with Gasteiger partial charge in [-0.25, -0.2) is 17.9 Å². The van der Waals surface area contributed by atoms with E-state index >= 15 is 0 Å². The molecule has 1 saturated heterocycles. The standard InChI is InChI=1S/C16H24F3N5O2S2/c1-15(2,3)12-9-23-13(20-12)27-14(21-23)22-7-5-11(6-8-22)24(28(4,25)26)10-16(17,18)19/h9,11H,5-8,10H2,1-4H3. The van der Waals surface area contributed by atoms with Crippen molar-refractivity contribution in [2.75, 3.05) is 30.8 Å². The summed E-state index contributed by atoms with van der Waals surface area (Å²) in [6.45, 7) is 5.64. The Labute approximate surface area is 166 Å².